The van der Waals surface area contributed by atoms with E-state index in [1.165, 1.54) is 0 Å². The Kier molecular flexibility index (Phi) is 3.96. The number of carboxylic acids is 1. The highest BCUT2D eigenvalue weighted by atomic mass is 19.4. The van der Waals surface area contributed by atoms with Crippen molar-refractivity contribution in [2.75, 3.05) is 6.61 Å². The van der Waals surface area contributed by atoms with Crippen LogP contribution in [0.4, 0.5) is 13.2 Å². The number of hydrogen-bond donors (Lipinski definition) is 1. The summed E-state index contributed by atoms with van der Waals surface area (Å²) in [5, 5.41) is 8.29. The van der Waals surface area contributed by atoms with Crippen molar-refractivity contribution in [1.29, 1.82) is 0 Å². The fraction of sp³-hybridized carbons (Fsp3) is 0.889. The van der Waals surface area contributed by atoms with Gasteiger partial charge in [-0.15, -0.1) is 0 Å². The molecule has 0 aromatic carbocycles. The van der Waals surface area contributed by atoms with Crippen molar-refractivity contribution in [3.05, 3.63) is 0 Å². The minimum Gasteiger partial charge on any atom is -0.481 e. The molecule has 0 amide bonds. The predicted molar refractivity (Wildman–Crippen MR) is 45.4 cm³/mol. The van der Waals surface area contributed by atoms with Crippen molar-refractivity contribution in [2.24, 2.45) is 5.92 Å². The van der Waals surface area contributed by atoms with Crippen molar-refractivity contribution in [2.45, 2.75) is 38.0 Å². The van der Waals surface area contributed by atoms with Gasteiger partial charge >= 0.3 is 12.1 Å². The lowest BCUT2D eigenvalue weighted by Gasteiger charge is -2.18. The minimum absolute atomic E-state index is 0.0118. The van der Waals surface area contributed by atoms with Crippen LogP contribution in [0.1, 0.15) is 25.7 Å². The van der Waals surface area contributed by atoms with Crippen LogP contribution < -0.4 is 0 Å². The second kappa shape index (κ2) is 4.83. The van der Waals surface area contributed by atoms with E-state index in [2.05, 4.69) is 4.74 Å². The van der Waals surface area contributed by atoms with E-state index in [4.69, 9.17) is 5.11 Å². The van der Waals surface area contributed by atoms with Crippen LogP contribution in [-0.4, -0.2) is 30.0 Å². The zero-order valence-electron chi connectivity index (χ0n) is 8.09. The number of halogens is 3. The highest BCUT2D eigenvalue weighted by molar-refractivity contribution is 5.67. The molecule has 1 aliphatic rings. The Morgan fingerprint density at radius 3 is 2.47 bits per heavy atom. The second-order valence-electron chi connectivity index (χ2n) is 3.73. The summed E-state index contributed by atoms with van der Waals surface area (Å²) in [5.41, 5.74) is 0. The van der Waals surface area contributed by atoms with Gasteiger partial charge in [-0.3, -0.25) is 4.79 Å². The molecule has 0 aromatic heterocycles. The summed E-state index contributed by atoms with van der Waals surface area (Å²) < 4.78 is 41.3. The zero-order valence-corrected chi connectivity index (χ0v) is 8.09. The topological polar surface area (TPSA) is 46.5 Å². The molecular formula is C9H13F3O3. The Bertz CT molecular complexity index is 223. The highest BCUT2D eigenvalue weighted by Gasteiger charge is 2.42. The summed E-state index contributed by atoms with van der Waals surface area (Å²) in [6, 6.07) is 0. The van der Waals surface area contributed by atoms with Gasteiger partial charge in [0.25, 0.3) is 0 Å². The van der Waals surface area contributed by atoms with Crippen molar-refractivity contribution < 1.29 is 27.8 Å². The fourth-order valence-corrected chi connectivity index (χ4v) is 1.21. The quantitative estimate of drug-likeness (QED) is 0.755. The molecule has 0 bridgehead atoms. The van der Waals surface area contributed by atoms with E-state index in [1.54, 1.807) is 0 Å². The fourth-order valence-electron chi connectivity index (χ4n) is 1.21. The van der Waals surface area contributed by atoms with Gasteiger partial charge in [0, 0.05) is 6.61 Å². The smallest absolute Gasteiger partial charge is 0.415 e. The summed E-state index contributed by atoms with van der Waals surface area (Å²) in [7, 11) is 0. The van der Waals surface area contributed by atoms with E-state index >= 15 is 0 Å². The predicted octanol–water partition coefficient (Wildman–Crippen LogP) is 2.21. The first kappa shape index (κ1) is 12.3. The Hall–Kier alpha value is -0.780. The molecule has 0 radical (unpaired) electrons. The van der Waals surface area contributed by atoms with Crippen LogP contribution in [0.2, 0.25) is 0 Å². The maximum absolute atomic E-state index is 12.2. The maximum Gasteiger partial charge on any atom is 0.415 e. The second-order valence-corrected chi connectivity index (χ2v) is 3.73. The van der Waals surface area contributed by atoms with Gasteiger partial charge in [0.15, 0.2) is 6.10 Å². The number of ether oxygens (including phenoxy) is 1. The molecule has 1 fully saturated rings. The van der Waals surface area contributed by atoms with Crippen molar-refractivity contribution >= 4 is 5.97 Å². The molecule has 0 aromatic rings. The Balaban J connectivity index is 2.29. The number of aliphatic carboxylic acids is 1. The Morgan fingerprint density at radius 1 is 1.47 bits per heavy atom. The third kappa shape index (κ3) is 5.01. The summed E-state index contributed by atoms with van der Waals surface area (Å²) in [5.74, 6) is -1.02. The molecule has 1 aliphatic carbocycles. The molecule has 3 nitrogen and oxygen atoms in total. The molecule has 0 spiro atoms. The van der Waals surface area contributed by atoms with Crippen LogP contribution in [0.15, 0.2) is 0 Å². The first-order valence-corrected chi connectivity index (χ1v) is 4.79. The van der Waals surface area contributed by atoms with Crippen molar-refractivity contribution in [1.82, 2.24) is 0 Å². The molecule has 1 N–H and O–H groups in total. The monoisotopic (exact) mass is 226 g/mol. The van der Waals surface area contributed by atoms with Gasteiger partial charge in [-0.25, -0.2) is 0 Å². The molecule has 1 rings (SSSR count). The van der Waals surface area contributed by atoms with Crippen LogP contribution in [0.3, 0.4) is 0 Å². The van der Waals surface area contributed by atoms with E-state index in [0.717, 1.165) is 12.8 Å². The Morgan fingerprint density at radius 2 is 2.07 bits per heavy atom. The first-order chi connectivity index (χ1) is 6.89. The molecule has 1 saturated carbocycles. The summed E-state index contributed by atoms with van der Waals surface area (Å²) in [4.78, 5) is 10.2. The molecule has 0 saturated heterocycles. The van der Waals surface area contributed by atoms with Crippen LogP contribution in [0.5, 0.6) is 0 Å². The van der Waals surface area contributed by atoms with E-state index in [9.17, 15) is 18.0 Å². The molecule has 1 atom stereocenters. The molecule has 0 aliphatic heterocycles. The Labute approximate surface area is 85.2 Å². The molecule has 15 heavy (non-hydrogen) atoms. The van der Waals surface area contributed by atoms with Crippen LogP contribution in [-0.2, 0) is 9.53 Å². The van der Waals surface area contributed by atoms with Gasteiger partial charge in [-0.2, -0.15) is 13.2 Å². The number of rotatable bonds is 6. The summed E-state index contributed by atoms with van der Waals surface area (Å²) in [6.45, 7) is -0.0118. The molecule has 1 unspecified atom stereocenters. The zero-order chi connectivity index (χ0) is 11.5. The maximum atomic E-state index is 12.2. The molecule has 88 valence electrons. The van der Waals surface area contributed by atoms with Crippen LogP contribution >= 0.6 is 0 Å². The molecule has 0 heterocycles. The number of carboxylic acid groups (broad SMARTS) is 1. The highest BCUT2D eigenvalue weighted by Crippen LogP contribution is 2.33. The SMILES string of the molecule is O=C(O)CC(OCCC1CC1)C(F)(F)F. The minimum atomic E-state index is -4.60. The van der Waals surface area contributed by atoms with Gasteiger partial charge in [-0.05, 0) is 12.3 Å². The van der Waals surface area contributed by atoms with E-state index in [1.807, 2.05) is 0 Å². The average molecular weight is 226 g/mol. The number of alkyl halides is 3. The molecule has 6 heteroatoms. The lowest BCUT2D eigenvalue weighted by Crippen LogP contribution is -2.34. The van der Waals surface area contributed by atoms with E-state index in [-0.39, 0.29) is 6.61 Å². The third-order valence-electron chi connectivity index (χ3n) is 2.27. The normalized spacial score (nSPS) is 18.9. The third-order valence-corrected chi connectivity index (χ3v) is 2.27. The van der Waals surface area contributed by atoms with E-state index < -0.39 is 24.7 Å². The van der Waals surface area contributed by atoms with Gasteiger partial charge < -0.3 is 9.84 Å². The average Bonchev–Trinajstić information content (AvgIpc) is 2.83. The van der Waals surface area contributed by atoms with Crippen molar-refractivity contribution in [3.8, 4) is 0 Å². The van der Waals surface area contributed by atoms with Gasteiger partial charge in [0.1, 0.15) is 0 Å². The van der Waals surface area contributed by atoms with Crippen molar-refractivity contribution in [3.63, 3.8) is 0 Å². The summed E-state index contributed by atoms with van der Waals surface area (Å²) >= 11 is 0. The molecular weight excluding hydrogens is 213 g/mol. The summed E-state index contributed by atoms with van der Waals surface area (Å²) in [6.07, 6.45) is -5.12. The van der Waals surface area contributed by atoms with E-state index in [0.29, 0.717) is 12.3 Å². The number of carbonyl (C=O) groups is 1. The van der Waals surface area contributed by atoms with Crippen LogP contribution in [0.25, 0.3) is 0 Å². The largest absolute Gasteiger partial charge is 0.481 e. The first-order valence-electron chi connectivity index (χ1n) is 4.79. The van der Waals surface area contributed by atoms with Crippen LogP contribution in [0, 0.1) is 5.92 Å². The number of hydrogen-bond acceptors (Lipinski definition) is 2. The standard InChI is InChI=1S/C9H13F3O3/c10-9(11,12)7(5-8(13)14)15-4-3-6-1-2-6/h6-7H,1-5H2,(H,13,14). The lowest BCUT2D eigenvalue weighted by atomic mass is 10.2. The van der Waals surface area contributed by atoms with Gasteiger partial charge in [0.2, 0.25) is 0 Å². The van der Waals surface area contributed by atoms with Gasteiger partial charge in [-0.1, -0.05) is 12.8 Å². The lowest BCUT2D eigenvalue weighted by molar-refractivity contribution is -0.224. The van der Waals surface area contributed by atoms with Gasteiger partial charge in [0.05, 0.1) is 6.42 Å².